The maximum absolute atomic E-state index is 4.28. The van der Waals surface area contributed by atoms with Crippen LogP contribution in [0.25, 0.3) is 0 Å². The molecule has 0 aromatic carbocycles. The third-order valence-electron chi connectivity index (χ3n) is 4.30. The Balaban J connectivity index is 2.36. The standard InChI is InChI=1S/C19H34N2/c1-14(2)18-13-16(4)21(17(18)5)12-9-15(3)20-11-10-19(6,7)8/h14,18,20H,3-5,9-13H2,1-2,6-8H3. The fourth-order valence-electron chi connectivity index (χ4n) is 2.76. The van der Waals surface area contributed by atoms with Gasteiger partial charge in [0, 0.05) is 42.5 Å². The van der Waals surface area contributed by atoms with Gasteiger partial charge in [0.2, 0.25) is 0 Å². The minimum absolute atomic E-state index is 0.370. The average Bonchev–Trinajstić information content (AvgIpc) is 2.61. The second-order valence-electron chi connectivity index (χ2n) is 7.85. The minimum Gasteiger partial charge on any atom is -0.389 e. The Morgan fingerprint density at radius 2 is 1.95 bits per heavy atom. The number of hydrogen-bond donors (Lipinski definition) is 1. The van der Waals surface area contributed by atoms with Gasteiger partial charge < -0.3 is 10.2 Å². The fraction of sp³-hybridized carbons (Fsp3) is 0.684. The molecule has 1 N–H and O–H groups in total. The van der Waals surface area contributed by atoms with Gasteiger partial charge in [0.25, 0.3) is 0 Å². The first-order valence-electron chi connectivity index (χ1n) is 8.17. The summed E-state index contributed by atoms with van der Waals surface area (Å²) < 4.78 is 0. The number of rotatable bonds is 7. The normalized spacial score (nSPS) is 19.5. The van der Waals surface area contributed by atoms with Crippen molar-refractivity contribution in [1.29, 1.82) is 0 Å². The van der Waals surface area contributed by atoms with Crippen molar-refractivity contribution in [3.05, 3.63) is 36.8 Å². The maximum atomic E-state index is 4.28. The third kappa shape index (κ3) is 5.61. The van der Waals surface area contributed by atoms with Crippen molar-refractivity contribution >= 4 is 0 Å². The molecule has 0 amide bonds. The van der Waals surface area contributed by atoms with Crippen molar-refractivity contribution in [3.63, 3.8) is 0 Å². The highest BCUT2D eigenvalue weighted by atomic mass is 15.2. The molecule has 0 aromatic rings. The summed E-state index contributed by atoms with van der Waals surface area (Å²) in [5, 5.41) is 3.45. The van der Waals surface area contributed by atoms with Gasteiger partial charge in [-0.3, -0.25) is 0 Å². The van der Waals surface area contributed by atoms with Gasteiger partial charge in [-0.1, -0.05) is 54.4 Å². The fourth-order valence-corrected chi connectivity index (χ4v) is 2.76. The molecule has 21 heavy (non-hydrogen) atoms. The molecule has 0 spiro atoms. The monoisotopic (exact) mass is 290 g/mol. The number of nitrogens with zero attached hydrogens (tertiary/aromatic N) is 1. The van der Waals surface area contributed by atoms with E-state index in [4.69, 9.17) is 0 Å². The molecule has 0 saturated carbocycles. The van der Waals surface area contributed by atoms with Crippen molar-refractivity contribution in [2.45, 2.75) is 53.9 Å². The van der Waals surface area contributed by atoms with Crippen LogP contribution >= 0.6 is 0 Å². The lowest BCUT2D eigenvalue weighted by Crippen LogP contribution is -2.24. The lowest BCUT2D eigenvalue weighted by atomic mass is 9.92. The number of likely N-dealkylation sites (tertiary alicyclic amines) is 1. The molecule has 120 valence electrons. The Hall–Kier alpha value is -1.18. The molecule has 1 aliphatic heterocycles. The van der Waals surface area contributed by atoms with Crippen molar-refractivity contribution in [3.8, 4) is 0 Å². The number of nitrogens with one attached hydrogen (secondary N) is 1. The largest absolute Gasteiger partial charge is 0.389 e. The van der Waals surface area contributed by atoms with Gasteiger partial charge in [-0.15, -0.1) is 0 Å². The minimum atomic E-state index is 0.370. The van der Waals surface area contributed by atoms with Gasteiger partial charge in [-0.05, 0) is 24.2 Å². The highest BCUT2D eigenvalue weighted by Gasteiger charge is 2.30. The molecular weight excluding hydrogens is 256 g/mol. The zero-order chi connectivity index (χ0) is 16.2. The Kier molecular flexibility index (Phi) is 6.12. The van der Waals surface area contributed by atoms with E-state index >= 15 is 0 Å². The molecule has 1 fully saturated rings. The summed E-state index contributed by atoms with van der Waals surface area (Å²) in [4.78, 5) is 2.29. The first kappa shape index (κ1) is 17.9. The average molecular weight is 290 g/mol. The highest BCUT2D eigenvalue weighted by molar-refractivity contribution is 5.21. The third-order valence-corrected chi connectivity index (χ3v) is 4.30. The molecule has 1 saturated heterocycles. The van der Waals surface area contributed by atoms with Crippen LogP contribution in [0.15, 0.2) is 36.8 Å². The molecule has 1 aliphatic rings. The molecule has 2 nitrogen and oxygen atoms in total. The molecule has 1 heterocycles. The van der Waals surface area contributed by atoms with Crippen LogP contribution in [0.2, 0.25) is 0 Å². The topological polar surface area (TPSA) is 15.3 Å². The molecule has 0 bridgehead atoms. The van der Waals surface area contributed by atoms with Crippen molar-refractivity contribution in [1.82, 2.24) is 10.2 Å². The van der Waals surface area contributed by atoms with E-state index in [0.717, 1.165) is 38.0 Å². The first-order chi connectivity index (χ1) is 9.61. The van der Waals surface area contributed by atoms with E-state index in [9.17, 15) is 0 Å². The summed E-state index contributed by atoms with van der Waals surface area (Å²) in [5.74, 6) is 1.19. The van der Waals surface area contributed by atoms with E-state index < -0.39 is 0 Å². The summed E-state index contributed by atoms with van der Waals surface area (Å²) in [5.41, 5.74) is 3.93. The van der Waals surface area contributed by atoms with E-state index in [-0.39, 0.29) is 0 Å². The molecule has 0 aliphatic carbocycles. The molecule has 2 heteroatoms. The van der Waals surface area contributed by atoms with E-state index in [0.29, 0.717) is 17.3 Å². The van der Waals surface area contributed by atoms with Crippen LogP contribution in [0.3, 0.4) is 0 Å². The predicted molar refractivity (Wildman–Crippen MR) is 93.8 cm³/mol. The maximum Gasteiger partial charge on any atom is 0.0278 e. The van der Waals surface area contributed by atoms with Gasteiger partial charge in [-0.25, -0.2) is 0 Å². The SMILES string of the molecule is C=C(CCN1C(=C)CC(C(C)C)C1=C)NCCC(C)(C)C. The molecule has 1 rings (SSSR count). The number of hydrogen-bond acceptors (Lipinski definition) is 2. The zero-order valence-corrected chi connectivity index (χ0v) is 14.8. The van der Waals surface area contributed by atoms with E-state index in [2.05, 4.69) is 64.6 Å². The van der Waals surface area contributed by atoms with E-state index in [1.54, 1.807) is 0 Å². The van der Waals surface area contributed by atoms with Gasteiger partial charge in [-0.2, -0.15) is 0 Å². The predicted octanol–water partition coefficient (Wildman–Crippen LogP) is 4.92. The van der Waals surface area contributed by atoms with Crippen molar-refractivity contribution < 1.29 is 0 Å². The second kappa shape index (κ2) is 7.20. The summed E-state index contributed by atoms with van der Waals surface area (Å²) in [6.45, 7) is 25.9. The Bertz CT molecular complexity index is 398. The van der Waals surface area contributed by atoms with Crippen LogP contribution in [-0.4, -0.2) is 18.0 Å². The molecule has 0 aromatic heterocycles. The molecule has 1 unspecified atom stereocenters. The second-order valence-corrected chi connectivity index (χ2v) is 7.85. The van der Waals surface area contributed by atoms with Crippen molar-refractivity contribution in [2.75, 3.05) is 13.1 Å². The van der Waals surface area contributed by atoms with Gasteiger partial charge in [0.1, 0.15) is 0 Å². The van der Waals surface area contributed by atoms with E-state index in [1.165, 1.54) is 11.4 Å². The summed E-state index contributed by atoms with van der Waals surface area (Å²) >= 11 is 0. The lowest BCUT2D eigenvalue weighted by Gasteiger charge is -2.24. The Morgan fingerprint density at radius 3 is 2.43 bits per heavy atom. The smallest absolute Gasteiger partial charge is 0.0278 e. The van der Waals surface area contributed by atoms with Gasteiger partial charge >= 0.3 is 0 Å². The van der Waals surface area contributed by atoms with Crippen LogP contribution in [0.4, 0.5) is 0 Å². The lowest BCUT2D eigenvalue weighted by molar-refractivity contribution is 0.370. The van der Waals surface area contributed by atoms with Crippen molar-refractivity contribution in [2.24, 2.45) is 17.3 Å². The van der Waals surface area contributed by atoms with Crippen LogP contribution in [-0.2, 0) is 0 Å². The summed E-state index contributed by atoms with van der Waals surface area (Å²) in [6.07, 6.45) is 3.16. The van der Waals surface area contributed by atoms with Gasteiger partial charge in [0.15, 0.2) is 0 Å². The Morgan fingerprint density at radius 1 is 1.33 bits per heavy atom. The molecule has 0 radical (unpaired) electrons. The van der Waals surface area contributed by atoms with Crippen LogP contribution in [0, 0.1) is 17.3 Å². The van der Waals surface area contributed by atoms with Crippen LogP contribution in [0.5, 0.6) is 0 Å². The van der Waals surface area contributed by atoms with Gasteiger partial charge in [0.05, 0.1) is 0 Å². The number of allylic oxidation sites excluding steroid dienone is 2. The molecule has 1 atom stereocenters. The molecular formula is C19H34N2. The Labute approximate surface area is 132 Å². The summed E-state index contributed by atoms with van der Waals surface area (Å²) in [7, 11) is 0. The zero-order valence-electron chi connectivity index (χ0n) is 14.8. The quantitative estimate of drug-likeness (QED) is 0.716. The first-order valence-corrected chi connectivity index (χ1v) is 8.17. The summed E-state index contributed by atoms with van der Waals surface area (Å²) in [6, 6.07) is 0. The van der Waals surface area contributed by atoms with E-state index in [1.807, 2.05) is 0 Å². The van der Waals surface area contributed by atoms with Crippen LogP contribution in [0.1, 0.15) is 53.9 Å². The van der Waals surface area contributed by atoms with Crippen LogP contribution < -0.4 is 5.32 Å². The highest BCUT2D eigenvalue weighted by Crippen LogP contribution is 2.38.